The Hall–Kier alpha value is -4.24. The number of nitrogens with one attached hydrogen (secondary N) is 2. The van der Waals surface area contributed by atoms with Crippen LogP contribution >= 0.6 is 0 Å². The fourth-order valence-electron chi connectivity index (χ4n) is 2.72. The summed E-state index contributed by atoms with van der Waals surface area (Å²) in [4.78, 5) is 8.70. The van der Waals surface area contributed by atoms with E-state index in [-0.39, 0.29) is 23.0 Å². The molecule has 0 spiro atoms. The van der Waals surface area contributed by atoms with Crippen LogP contribution in [0.25, 0.3) is 0 Å². The second kappa shape index (κ2) is 7.33. The molecule has 1 aromatic heterocycles. The molecule has 0 saturated heterocycles. The van der Waals surface area contributed by atoms with Crippen molar-refractivity contribution in [3.8, 4) is 18.0 Å². The number of guanidine groups is 1. The zero-order valence-electron chi connectivity index (χ0n) is 14.2. The first-order valence-electron chi connectivity index (χ1n) is 7.91. The van der Waals surface area contributed by atoms with E-state index in [2.05, 4.69) is 27.2 Å². The van der Waals surface area contributed by atoms with Crippen LogP contribution in [0.3, 0.4) is 0 Å². The molecule has 9 heteroatoms. The van der Waals surface area contributed by atoms with Gasteiger partial charge in [-0.1, -0.05) is 24.8 Å². The topological polar surface area (TPSA) is 158 Å². The third-order valence-electron chi connectivity index (χ3n) is 3.92. The van der Waals surface area contributed by atoms with Gasteiger partial charge in [-0.25, -0.2) is 9.98 Å². The molecule has 0 radical (unpaired) electrons. The number of pyridine rings is 1. The number of rotatable bonds is 4. The molecular formula is C18H16N8O. The van der Waals surface area contributed by atoms with Gasteiger partial charge in [-0.2, -0.15) is 10.5 Å². The van der Waals surface area contributed by atoms with Gasteiger partial charge in [-0.15, -0.1) is 0 Å². The molecule has 9 nitrogen and oxygen atoms in total. The Labute approximate surface area is 155 Å². The lowest BCUT2D eigenvalue weighted by Crippen LogP contribution is -2.32. The highest BCUT2D eigenvalue weighted by molar-refractivity contribution is 5.98. The highest BCUT2D eigenvalue weighted by Gasteiger charge is 2.29. The number of aliphatic imine (C=N–C) groups is 1. The van der Waals surface area contributed by atoms with Gasteiger partial charge in [-0.05, 0) is 17.7 Å². The Balaban J connectivity index is 2.10. The van der Waals surface area contributed by atoms with Crippen LogP contribution in [0.4, 0.5) is 17.3 Å². The number of hydrogen-bond acceptors (Lipinski definition) is 9. The SMILES string of the molecule is C=CCOc1ccc(C2N=C(NC#N)Nc3nc(N)c(C#N)c(N)c32)cc1. The van der Waals surface area contributed by atoms with Gasteiger partial charge in [0.15, 0.2) is 6.19 Å². The van der Waals surface area contributed by atoms with Crippen molar-refractivity contribution in [1.82, 2.24) is 10.3 Å². The fraction of sp³-hybridized carbons (Fsp3) is 0.111. The van der Waals surface area contributed by atoms with Crippen molar-refractivity contribution >= 4 is 23.3 Å². The molecule has 0 fully saturated rings. The second-order valence-corrected chi connectivity index (χ2v) is 5.57. The van der Waals surface area contributed by atoms with Crippen molar-refractivity contribution < 1.29 is 4.74 Å². The van der Waals surface area contributed by atoms with Gasteiger partial charge in [-0.3, -0.25) is 5.32 Å². The van der Waals surface area contributed by atoms with E-state index in [1.807, 2.05) is 24.4 Å². The normalized spacial score (nSPS) is 14.6. The van der Waals surface area contributed by atoms with Crippen LogP contribution in [-0.2, 0) is 0 Å². The molecule has 3 rings (SSSR count). The summed E-state index contributed by atoms with van der Waals surface area (Å²) in [6.45, 7) is 4.00. The van der Waals surface area contributed by atoms with E-state index in [9.17, 15) is 5.26 Å². The van der Waals surface area contributed by atoms with E-state index < -0.39 is 6.04 Å². The first kappa shape index (κ1) is 17.6. The maximum absolute atomic E-state index is 9.33. The predicted molar refractivity (Wildman–Crippen MR) is 102 cm³/mol. The summed E-state index contributed by atoms with van der Waals surface area (Å²) in [5, 5.41) is 23.6. The molecule has 27 heavy (non-hydrogen) atoms. The highest BCUT2D eigenvalue weighted by atomic mass is 16.5. The highest BCUT2D eigenvalue weighted by Crippen LogP contribution is 2.40. The molecule has 0 aliphatic carbocycles. The number of nitrogen functional groups attached to an aromatic ring is 2. The molecule has 2 aromatic rings. The Morgan fingerprint density at radius 1 is 1.30 bits per heavy atom. The standard InChI is InChI=1S/C18H16N8O/c1-2-7-27-11-5-3-10(4-6-11)15-13-14(21)12(8-19)16(22)25-17(13)26-18(24-15)23-9-20/h2-6,15H,1,7H2,(H6,21,22,23,24,25,26). The predicted octanol–water partition coefficient (Wildman–Crippen LogP) is 1.62. The van der Waals surface area contributed by atoms with Gasteiger partial charge in [0, 0.05) is 5.56 Å². The minimum atomic E-state index is -0.578. The summed E-state index contributed by atoms with van der Waals surface area (Å²) < 4.78 is 5.48. The average molecular weight is 360 g/mol. The van der Waals surface area contributed by atoms with Crippen LogP contribution in [-0.4, -0.2) is 17.6 Å². The quantitative estimate of drug-likeness (QED) is 0.364. The summed E-state index contributed by atoms with van der Waals surface area (Å²) in [7, 11) is 0. The molecule has 2 heterocycles. The summed E-state index contributed by atoms with van der Waals surface area (Å²) >= 11 is 0. The Bertz CT molecular complexity index is 998. The lowest BCUT2D eigenvalue weighted by Gasteiger charge is -2.26. The van der Waals surface area contributed by atoms with Gasteiger partial charge >= 0.3 is 0 Å². The summed E-state index contributed by atoms with van der Waals surface area (Å²) in [5.74, 6) is 1.23. The van der Waals surface area contributed by atoms with Crippen molar-refractivity contribution in [1.29, 1.82) is 10.5 Å². The van der Waals surface area contributed by atoms with E-state index in [0.29, 0.717) is 23.7 Å². The molecule has 0 amide bonds. The number of fused-ring (bicyclic) bond motifs is 1. The third kappa shape index (κ3) is 3.30. The minimum Gasteiger partial charge on any atom is -0.490 e. The van der Waals surface area contributed by atoms with Crippen LogP contribution in [0.15, 0.2) is 41.9 Å². The summed E-state index contributed by atoms with van der Waals surface area (Å²) in [6, 6.07) is 8.63. The number of nitriles is 2. The zero-order chi connectivity index (χ0) is 19.4. The first-order valence-corrected chi connectivity index (χ1v) is 7.91. The van der Waals surface area contributed by atoms with Crippen LogP contribution < -0.4 is 26.8 Å². The number of nitrogens with two attached hydrogens (primary N) is 2. The van der Waals surface area contributed by atoms with Crippen molar-refractivity contribution in [3.63, 3.8) is 0 Å². The number of aromatic nitrogens is 1. The average Bonchev–Trinajstić information content (AvgIpc) is 2.66. The van der Waals surface area contributed by atoms with Gasteiger partial charge in [0.2, 0.25) is 5.96 Å². The molecule has 0 saturated carbocycles. The maximum atomic E-state index is 9.33. The van der Waals surface area contributed by atoms with Gasteiger partial charge in [0.05, 0.1) is 5.69 Å². The van der Waals surface area contributed by atoms with Crippen molar-refractivity contribution in [2.24, 2.45) is 4.99 Å². The Kier molecular flexibility index (Phi) is 4.77. The fourth-order valence-corrected chi connectivity index (χ4v) is 2.72. The van der Waals surface area contributed by atoms with Crippen LogP contribution in [0.5, 0.6) is 5.75 Å². The second-order valence-electron chi connectivity index (χ2n) is 5.57. The Morgan fingerprint density at radius 3 is 2.67 bits per heavy atom. The molecule has 1 aliphatic rings. The van der Waals surface area contributed by atoms with E-state index in [0.717, 1.165) is 5.56 Å². The molecule has 1 unspecified atom stereocenters. The number of ether oxygens (including phenoxy) is 1. The van der Waals surface area contributed by atoms with Gasteiger partial charge in [0.1, 0.15) is 41.7 Å². The molecule has 1 aromatic carbocycles. The smallest absolute Gasteiger partial charge is 0.211 e. The van der Waals surface area contributed by atoms with Crippen molar-refractivity contribution in [2.45, 2.75) is 6.04 Å². The molecule has 6 N–H and O–H groups in total. The number of hydrogen-bond donors (Lipinski definition) is 4. The summed E-state index contributed by atoms with van der Waals surface area (Å²) in [6.07, 6.45) is 3.46. The molecule has 1 atom stereocenters. The Morgan fingerprint density at radius 2 is 2.04 bits per heavy atom. The van der Waals surface area contributed by atoms with E-state index in [4.69, 9.17) is 21.5 Å². The van der Waals surface area contributed by atoms with E-state index >= 15 is 0 Å². The van der Waals surface area contributed by atoms with Gasteiger partial charge in [0.25, 0.3) is 0 Å². The van der Waals surface area contributed by atoms with Crippen LogP contribution in [0.2, 0.25) is 0 Å². The number of benzene rings is 1. The monoisotopic (exact) mass is 360 g/mol. The van der Waals surface area contributed by atoms with Crippen molar-refractivity contribution in [2.75, 3.05) is 23.4 Å². The molecule has 134 valence electrons. The molecule has 0 bridgehead atoms. The van der Waals surface area contributed by atoms with Crippen LogP contribution in [0, 0.1) is 22.8 Å². The lowest BCUT2D eigenvalue weighted by molar-refractivity contribution is 0.363. The van der Waals surface area contributed by atoms with Crippen LogP contribution in [0.1, 0.15) is 22.7 Å². The third-order valence-corrected chi connectivity index (χ3v) is 3.92. The van der Waals surface area contributed by atoms with E-state index in [1.54, 1.807) is 18.2 Å². The number of nitrogens with zero attached hydrogens (tertiary/aromatic N) is 4. The molecule has 1 aliphatic heterocycles. The zero-order valence-corrected chi connectivity index (χ0v) is 14.2. The first-order chi connectivity index (χ1) is 13.1. The number of anilines is 3. The maximum Gasteiger partial charge on any atom is 0.211 e. The minimum absolute atomic E-state index is 0.00591. The largest absolute Gasteiger partial charge is 0.490 e. The van der Waals surface area contributed by atoms with E-state index in [1.165, 1.54) is 0 Å². The van der Waals surface area contributed by atoms with Gasteiger partial charge < -0.3 is 21.5 Å². The molecular weight excluding hydrogens is 344 g/mol. The summed E-state index contributed by atoms with van der Waals surface area (Å²) in [5.41, 5.74) is 13.6. The lowest BCUT2D eigenvalue weighted by atomic mass is 9.95. The van der Waals surface area contributed by atoms with Crippen molar-refractivity contribution in [3.05, 3.63) is 53.6 Å².